The highest BCUT2D eigenvalue weighted by molar-refractivity contribution is 9.11. The maximum Gasteiger partial charge on any atom is 0.261 e. The molecule has 23 heavy (non-hydrogen) atoms. The third-order valence-corrected chi connectivity index (χ3v) is 5.29. The Labute approximate surface area is 146 Å². The van der Waals surface area contributed by atoms with Gasteiger partial charge in [-0.05, 0) is 72.1 Å². The van der Waals surface area contributed by atoms with Gasteiger partial charge < -0.3 is 9.84 Å². The number of carbonyl (C=O) groups is 1. The fourth-order valence-electron chi connectivity index (χ4n) is 2.26. The molecule has 1 aromatic carbocycles. The van der Waals surface area contributed by atoms with E-state index in [1.165, 1.54) is 16.9 Å². The lowest BCUT2D eigenvalue weighted by Crippen LogP contribution is -2.13. The number of amides is 1. The van der Waals surface area contributed by atoms with E-state index in [-0.39, 0.29) is 5.91 Å². The topological polar surface area (TPSA) is 55.1 Å². The van der Waals surface area contributed by atoms with Crippen molar-refractivity contribution in [3.63, 3.8) is 0 Å². The molecule has 3 aromatic rings. The van der Waals surface area contributed by atoms with E-state index in [9.17, 15) is 4.79 Å². The van der Waals surface area contributed by atoms with Gasteiger partial charge in [0.25, 0.3) is 5.91 Å². The van der Waals surface area contributed by atoms with Crippen molar-refractivity contribution < 1.29 is 9.32 Å². The normalized spacial score (nSPS) is 10.8. The second-order valence-corrected chi connectivity index (χ2v) is 7.78. The van der Waals surface area contributed by atoms with E-state index in [1.54, 1.807) is 6.92 Å². The van der Waals surface area contributed by atoms with Crippen LogP contribution in [0.2, 0.25) is 0 Å². The lowest BCUT2D eigenvalue weighted by molar-refractivity contribution is 0.102. The summed E-state index contributed by atoms with van der Waals surface area (Å²) in [6.45, 7) is 5.80. The number of nitrogens with one attached hydrogen (secondary N) is 1. The molecule has 0 unspecified atom stereocenters. The predicted molar refractivity (Wildman–Crippen MR) is 96.1 cm³/mol. The van der Waals surface area contributed by atoms with Crippen molar-refractivity contribution >= 4 is 38.9 Å². The summed E-state index contributed by atoms with van der Waals surface area (Å²) in [6.07, 6.45) is 0. The van der Waals surface area contributed by atoms with Crippen LogP contribution in [0, 0.1) is 20.8 Å². The SMILES string of the molecule is Cc1ccc(NC(=O)c2c(-c3ccc(Br)s3)noc2C)cc1C. The molecule has 0 atom stereocenters. The maximum atomic E-state index is 12.7. The summed E-state index contributed by atoms with van der Waals surface area (Å²) < 4.78 is 6.22. The van der Waals surface area contributed by atoms with E-state index >= 15 is 0 Å². The summed E-state index contributed by atoms with van der Waals surface area (Å²) in [4.78, 5) is 13.6. The van der Waals surface area contributed by atoms with Gasteiger partial charge in [-0.25, -0.2) is 0 Å². The summed E-state index contributed by atoms with van der Waals surface area (Å²) in [5, 5.41) is 6.97. The Morgan fingerprint density at radius 1 is 1.17 bits per heavy atom. The number of rotatable bonds is 3. The lowest BCUT2D eigenvalue weighted by atomic mass is 10.1. The second-order valence-electron chi connectivity index (χ2n) is 5.32. The number of hydrogen-bond acceptors (Lipinski definition) is 4. The molecule has 0 aliphatic carbocycles. The first-order valence-corrected chi connectivity index (χ1v) is 8.67. The van der Waals surface area contributed by atoms with Crippen LogP contribution < -0.4 is 5.32 Å². The van der Waals surface area contributed by atoms with Gasteiger partial charge in [-0.2, -0.15) is 0 Å². The van der Waals surface area contributed by atoms with Gasteiger partial charge in [-0.15, -0.1) is 11.3 Å². The maximum absolute atomic E-state index is 12.7. The summed E-state index contributed by atoms with van der Waals surface area (Å²) in [5.74, 6) is 0.289. The van der Waals surface area contributed by atoms with E-state index in [0.717, 1.165) is 19.9 Å². The van der Waals surface area contributed by atoms with Crippen LogP contribution in [-0.2, 0) is 0 Å². The van der Waals surface area contributed by atoms with Crippen LogP contribution in [0.4, 0.5) is 5.69 Å². The Morgan fingerprint density at radius 3 is 2.61 bits per heavy atom. The minimum absolute atomic E-state index is 0.216. The number of halogens is 1. The highest BCUT2D eigenvalue weighted by Crippen LogP contribution is 2.34. The predicted octanol–water partition coefficient (Wildman–Crippen LogP) is 5.34. The minimum atomic E-state index is -0.216. The molecule has 0 aliphatic rings. The van der Waals surface area contributed by atoms with Gasteiger partial charge in [0.2, 0.25) is 0 Å². The first-order chi connectivity index (χ1) is 11.0. The number of benzene rings is 1. The van der Waals surface area contributed by atoms with Crippen molar-refractivity contribution in [2.24, 2.45) is 0 Å². The molecule has 1 amide bonds. The smallest absolute Gasteiger partial charge is 0.261 e. The van der Waals surface area contributed by atoms with Crippen LogP contribution in [0.1, 0.15) is 27.2 Å². The molecule has 0 radical (unpaired) electrons. The Bertz CT molecular complexity index is 883. The second kappa shape index (κ2) is 6.29. The highest BCUT2D eigenvalue weighted by Gasteiger charge is 2.22. The first-order valence-electron chi connectivity index (χ1n) is 7.06. The monoisotopic (exact) mass is 390 g/mol. The number of anilines is 1. The average molecular weight is 391 g/mol. The van der Waals surface area contributed by atoms with Crippen molar-refractivity contribution in [2.45, 2.75) is 20.8 Å². The largest absolute Gasteiger partial charge is 0.360 e. The minimum Gasteiger partial charge on any atom is -0.360 e. The molecule has 4 nitrogen and oxygen atoms in total. The molecule has 0 spiro atoms. The zero-order chi connectivity index (χ0) is 16.6. The molecule has 2 heterocycles. The first kappa shape index (κ1) is 16.0. The van der Waals surface area contributed by atoms with Crippen LogP contribution in [-0.4, -0.2) is 11.1 Å². The molecular formula is C17H15BrN2O2S. The molecule has 0 aliphatic heterocycles. The van der Waals surface area contributed by atoms with Crippen molar-refractivity contribution in [1.29, 1.82) is 0 Å². The van der Waals surface area contributed by atoms with Crippen molar-refractivity contribution in [2.75, 3.05) is 5.32 Å². The summed E-state index contributed by atoms with van der Waals surface area (Å²) in [5.41, 5.74) is 4.12. The zero-order valence-corrected chi connectivity index (χ0v) is 15.3. The van der Waals surface area contributed by atoms with Crippen LogP contribution in [0.5, 0.6) is 0 Å². The average Bonchev–Trinajstić information content (AvgIpc) is 3.08. The van der Waals surface area contributed by atoms with E-state index in [0.29, 0.717) is 17.0 Å². The molecule has 3 rings (SSSR count). The van der Waals surface area contributed by atoms with Gasteiger partial charge in [-0.1, -0.05) is 11.2 Å². The van der Waals surface area contributed by atoms with Gasteiger partial charge >= 0.3 is 0 Å². The summed E-state index contributed by atoms with van der Waals surface area (Å²) >= 11 is 4.94. The molecule has 0 fully saturated rings. The molecule has 6 heteroatoms. The van der Waals surface area contributed by atoms with Crippen LogP contribution in [0.15, 0.2) is 38.6 Å². The van der Waals surface area contributed by atoms with Crippen LogP contribution in [0.3, 0.4) is 0 Å². The molecule has 0 saturated carbocycles. The van der Waals surface area contributed by atoms with Crippen molar-refractivity contribution in [3.8, 4) is 10.6 Å². The highest BCUT2D eigenvalue weighted by atomic mass is 79.9. The molecule has 118 valence electrons. The Kier molecular flexibility index (Phi) is 4.37. The van der Waals surface area contributed by atoms with Gasteiger partial charge in [-0.3, -0.25) is 4.79 Å². The lowest BCUT2D eigenvalue weighted by Gasteiger charge is -2.07. The molecule has 0 saturated heterocycles. The van der Waals surface area contributed by atoms with Gasteiger partial charge in [0, 0.05) is 5.69 Å². The van der Waals surface area contributed by atoms with Gasteiger partial charge in [0.1, 0.15) is 17.0 Å². The van der Waals surface area contributed by atoms with Gasteiger partial charge in [0.05, 0.1) is 8.66 Å². The molecule has 2 aromatic heterocycles. The molecule has 1 N–H and O–H groups in total. The van der Waals surface area contributed by atoms with Crippen LogP contribution in [0.25, 0.3) is 10.6 Å². The Morgan fingerprint density at radius 2 is 1.96 bits per heavy atom. The Balaban J connectivity index is 1.93. The van der Waals surface area contributed by atoms with Crippen LogP contribution >= 0.6 is 27.3 Å². The van der Waals surface area contributed by atoms with E-state index < -0.39 is 0 Å². The van der Waals surface area contributed by atoms with Gasteiger partial charge in [0.15, 0.2) is 0 Å². The number of carbonyl (C=O) groups excluding carboxylic acids is 1. The van der Waals surface area contributed by atoms with E-state index in [1.807, 2.05) is 44.2 Å². The third kappa shape index (κ3) is 3.23. The summed E-state index contributed by atoms with van der Waals surface area (Å²) in [7, 11) is 0. The quantitative estimate of drug-likeness (QED) is 0.656. The van der Waals surface area contributed by atoms with Crippen molar-refractivity contribution in [1.82, 2.24) is 5.16 Å². The number of thiophene rings is 1. The molecule has 0 bridgehead atoms. The zero-order valence-electron chi connectivity index (χ0n) is 12.9. The molecular weight excluding hydrogens is 376 g/mol. The van der Waals surface area contributed by atoms with E-state index in [2.05, 4.69) is 26.4 Å². The number of hydrogen-bond donors (Lipinski definition) is 1. The number of aromatic nitrogens is 1. The summed E-state index contributed by atoms with van der Waals surface area (Å²) in [6, 6.07) is 9.68. The fourth-order valence-corrected chi connectivity index (χ4v) is 3.64. The van der Waals surface area contributed by atoms with Crippen molar-refractivity contribution in [3.05, 3.63) is 56.6 Å². The third-order valence-electron chi connectivity index (χ3n) is 3.66. The number of aryl methyl sites for hydroxylation is 3. The standard InChI is InChI=1S/C17H15BrN2O2S/c1-9-4-5-12(8-10(9)2)19-17(21)15-11(3)22-20-16(15)13-6-7-14(18)23-13/h4-8H,1-3H3,(H,19,21). The Hall–Kier alpha value is -1.92. The fraction of sp³-hybridized carbons (Fsp3) is 0.176. The number of nitrogens with zero attached hydrogens (tertiary/aromatic N) is 1. The van der Waals surface area contributed by atoms with E-state index in [4.69, 9.17) is 4.52 Å².